The molecular formula is C13H19NO2S. The number of aliphatic carboxylic acids is 1. The predicted octanol–water partition coefficient (Wildman–Crippen LogP) is 3.10. The Balaban J connectivity index is 2.90. The van der Waals surface area contributed by atoms with Crippen molar-refractivity contribution in [2.45, 2.75) is 31.2 Å². The summed E-state index contributed by atoms with van der Waals surface area (Å²) in [6, 6.07) is 7.97. The van der Waals surface area contributed by atoms with Gasteiger partial charge in [-0.15, -0.1) is 11.8 Å². The maximum absolute atomic E-state index is 11.2. The van der Waals surface area contributed by atoms with Gasteiger partial charge in [0, 0.05) is 17.6 Å². The SMILES string of the molecule is CCSc1ccc(N(C)C(C)(C)C(=O)O)cc1. The molecule has 17 heavy (non-hydrogen) atoms. The van der Waals surface area contributed by atoms with Crippen molar-refractivity contribution < 1.29 is 9.90 Å². The van der Waals surface area contributed by atoms with E-state index < -0.39 is 11.5 Å². The summed E-state index contributed by atoms with van der Waals surface area (Å²) in [5.41, 5.74) is 0.0113. The zero-order valence-electron chi connectivity index (χ0n) is 10.7. The van der Waals surface area contributed by atoms with E-state index >= 15 is 0 Å². The summed E-state index contributed by atoms with van der Waals surface area (Å²) in [7, 11) is 1.80. The van der Waals surface area contributed by atoms with Gasteiger partial charge in [0.1, 0.15) is 5.54 Å². The van der Waals surface area contributed by atoms with Gasteiger partial charge in [-0.3, -0.25) is 0 Å². The summed E-state index contributed by atoms with van der Waals surface area (Å²) < 4.78 is 0. The first-order valence-electron chi connectivity index (χ1n) is 5.59. The molecule has 1 rings (SSSR count). The van der Waals surface area contributed by atoms with E-state index in [-0.39, 0.29) is 0 Å². The number of likely N-dealkylation sites (N-methyl/N-ethyl adjacent to an activating group) is 1. The lowest BCUT2D eigenvalue weighted by molar-refractivity contribution is -0.142. The first-order valence-corrected chi connectivity index (χ1v) is 6.58. The van der Waals surface area contributed by atoms with Crippen molar-refractivity contribution in [3.05, 3.63) is 24.3 Å². The minimum absolute atomic E-state index is 0.827. The molecule has 0 spiro atoms. The summed E-state index contributed by atoms with van der Waals surface area (Å²) in [4.78, 5) is 14.1. The Labute approximate surface area is 107 Å². The summed E-state index contributed by atoms with van der Waals surface area (Å²) in [6.07, 6.45) is 0. The Bertz CT molecular complexity index is 387. The monoisotopic (exact) mass is 253 g/mol. The van der Waals surface area contributed by atoms with Crippen LogP contribution in [0.25, 0.3) is 0 Å². The van der Waals surface area contributed by atoms with Crippen molar-refractivity contribution >= 4 is 23.4 Å². The largest absolute Gasteiger partial charge is 0.480 e. The number of carbonyl (C=O) groups is 1. The van der Waals surface area contributed by atoms with Crippen LogP contribution in [0.15, 0.2) is 29.2 Å². The Morgan fingerprint density at radius 1 is 1.35 bits per heavy atom. The van der Waals surface area contributed by atoms with E-state index in [4.69, 9.17) is 5.11 Å². The lowest BCUT2D eigenvalue weighted by Gasteiger charge is -2.33. The van der Waals surface area contributed by atoms with E-state index in [9.17, 15) is 4.79 Å². The maximum Gasteiger partial charge on any atom is 0.328 e. The fraction of sp³-hybridized carbons (Fsp3) is 0.462. The molecule has 4 heteroatoms. The van der Waals surface area contributed by atoms with Gasteiger partial charge in [0.2, 0.25) is 0 Å². The van der Waals surface area contributed by atoms with Gasteiger partial charge in [0.05, 0.1) is 0 Å². The normalized spacial score (nSPS) is 11.3. The van der Waals surface area contributed by atoms with E-state index in [0.29, 0.717) is 0 Å². The number of nitrogens with zero attached hydrogens (tertiary/aromatic N) is 1. The molecule has 0 atom stereocenters. The fourth-order valence-electron chi connectivity index (χ4n) is 1.40. The van der Waals surface area contributed by atoms with Crippen LogP contribution in [0.3, 0.4) is 0 Å². The van der Waals surface area contributed by atoms with Crippen molar-refractivity contribution in [2.75, 3.05) is 17.7 Å². The molecule has 0 heterocycles. The molecule has 1 aromatic rings. The van der Waals surface area contributed by atoms with Gasteiger partial charge >= 0.3 is 5.97 Å². The zero-order valence-corrected chi connectivity index (χ0v) is 11.5. The second-order valence-corrected chi connectivity index (χ2v) is 5.69. The number of carboxylic acids is 1. The maximum atomic E-state index is 11.2. The lowest BCUT2D eigenvalue weighted by Crippen LogP contribution is -2.48. The summed E-state index contributed by atoms with van der Waals surface area (Å²) in [5, 5.41) is 9.17. The zero-order chi connectivity index (χ0) is 13.1. The number of hydrogen-bond acceptors (Lipinski definition) is 3. The second kappa shape index (κ2) is 5.45. The topological polar surface area (TPSA) is 40.5 Å². The molecule has 0 amide bonds. The lowest BCUT2D eigenvalue weighted by atomic mass is 10.0. The Kier molecular flexibility index (Phi) is 4.46. The average molecular weight is 253 g/mol. The number of carboxylic acid groups (broad SMARTS) is 1. The third-order valence-electron chi connectivity index (χ3n) is 2.90. The minimum atomic E-state index is -0.903. The molecule has 1 N–H and O–H groups in total. The number of hydrogen-bond donors (Lipinski definition) is 1. The van der Waals surface area contributed by atoms with Crippen LogP contribution in [-0.4, -0.2) is 29.4 Å². The Hall–Kier alpha value is -1.16. The van der Waals surface area contributed by atoms with Gasteiger partial charge in [-0.2, -0.15) is 0 Å². The minimum Gasteiger partial charge on any atom is -0.480 e. The van der Waals surface area contributed by atoms with Crippen molar-refractivity contribution in [3.8, 4) is 0 Å². The van der Waals surface area contributed by atoms with Gasteiger partial charge in [-0.25, -0.2) is 4.79 Å². The molecule has 0 aliphatic heterocycles. The van der Waals surface area contributed by atoms with Crippen LogP contribution < -0.4 is 4.90 Å². The van der Waals surface area contributed by atoms with Gasteiger partial charge in [0.15, 0.2) is 0 Å². The fourth-order valence-corrected chi connectivity index (χ4v) is 2.06. The van der Waals surface area contributed by atoms with Crippen LogP contribution in [0.2, 0.25) is 0 Å². The van der Waals surface area contributed by atoms with E-state index in [1.165, 1.54) is 4.90 Å². The highest BCUT2D eigenvalue weighted by Gasteiger charge is 2.32. The van der Waals surface area contributed by atoms with Crippen LogP contribution in [0, 0.1) is 0 Å². The standard InChI is InChI=1S/C13H19NO2S/c1-5-17-11-8-6-10(7-9-11)14(4)13(2,3)12(15)16/h6-9H,5H2,1-4H3,(H,15,16). The Morgan fingerprint density at radius 3 is 2.29 bits per heavy atom. The third-order valence-corrected chi connectivity index (χ3v) is 3.79. The summed E-state index contributed by atoms with van der Waals surface area (Å²) >= 11 is 1.77. The quantitative estimate of drug-likeness (QED) is 0.819. The molecular weight excluding hydrogens is 234 g/mol. The van der Waals surface area contributed by atoms with E-state index in [1.54, 1.807) is 37.6 Å². The number of rotatable bonds is 5. The third kappa shape index (κ3) is 3.16. The van der Waals surface area contributed by atoms with Crippen molar-refractivity contribution in [2.24, 2.45) is 0 Å². The molecule has 0 radical (unpaired) electrons. The molecule has 0 saturated heterocycles. The molecule has 0 fully saturated rings. The van der Waals surface area contributed by atoms with Gasteiger partial charge in [0.25, 0.3) is 0 Å². The molecule has 3 nitrogen and oxygen atoms in total. The number of anilines is 1. The summed E-state index contributed by atoms with van der Waals surface area (Å²) in [6.45, 7) is 5.51. The predicted molar refractivity (Wildman–Crippen MR) is 73.0 cm³/mol. The molecule has 0 aliphatic rings. The van der Waals surface area contributed by atoms with Gasteiger partial charge in [-0.1, -0.05) is 6.92 Å². The average Bonchev–Trinajstić information content (AvgIpc) is 2.29. The van der Waals surface area contributed by atoms with Gasteiger partial charge < -0.3 is 10.0 Å². The van der Waals surface area contributed by atoms with Crippen molar-refractivity contribution in [3.63, 3.8) is 0 Å². The molecule has 0 bridgehead atoms. The smallest absolute Gasteiger partial charge is 0.328 e. The molecule has 1 aromatic carbocycles. The van der Waals surface area contributed by atoms with E-state index in [1.807, 2.05) is 24.3 Å². The van der Waals surface area contributed by atoms with Crippen LogP contribution >= 0.6 is 11.8 Å². The second-order valence-electron chi connectivity index (χ2n) is 4.35. The highest BCUT2D eigenvalue weighted by atomic mass is 32.2. The highest BCUT2D eigenvalue weighted by molar-refractivity contribution is 7.99. The molecule has 0 aromatic heterocycles. The first-order chi connectivity index (χ1) is 7.89. The molecule has 0 saturated carbocycles. The molecule has 0 unspecified atom stereocenters. The van der Waals surface area contributed by atoms with Crippen LogP contribution in [0.5, 0.6) is 0 Å². The number of thioether (sulfide) groups is 1. The Morgan fingerprint density at radius 2 is 1.88 bits per heavy atom. The highest BCUT2D eigenvalue weighted by Crippen LogP contribution is 2.25. The van der Waals surface area contributed by atoms with Crippen LogP contribution in [0.1, 0.15) is 20.8 Å². The van der Waals surface area contributed by atoms with Crippen LogP contribution in [-0.2, 0) is 4.79 Å². The molecule has 94 valence electrons. The van der Waals surface area contributed by atoms with E-state index in [0.717, 1.165) is 11.4 Å². The van der Waals surface area contributed by atoms with Crippen LogP contribution in [0.4, 0.5) is 5.69 Å². The first kappa shape index (κ1) is 13.9. The summed E-state index contributed by atoms with van der Waals surface area (Å²) in [5.74, 6) is 0.211. The number of benzene rings is 1. The van der Waals surface area contributed by atoms with E-state index in [2.05, 4.69) is 6.92 Å². The van der Waals surface area contributed by atoms with Gasteiger partial charge in [-0.05, 0) is 43.9 Å². The van der Waals surface area contributed by atoms with Crippen molar-refractivity contribution in [1.82, 2.24) is 0 Å². The molecule has 0 aliphatic carbocycles. The van der Waals surface area contributed by atoms with Crippen molar-refractivity contribution in [1.29, 1.82) is 0 Å².